The average molecular weight is 479 g/mol. The molecule has 1 unspecified atom stereocenters. The number of ether oxygens (including phenoxy) is 2. The van der Waals surface area contributed by atoms with Crippen LogP contribution in [0.4, 0.5) is 8.78 Å². The van der Waals surface area contributed by atoms with Crippen molar-refractivity contribution in [2.24, 2.45) is 0 Å². The van der Waals surface area contributed by atoms with Crippen molar-refractivity contribution in [2.75, 3.05) is 26.7 Å². The molecular formula is C24H28F2N2O4S. The Morgan fingerprint density at radius 1 is 1.09 bits per heavy atom. The third-order valence-electron chi connectivity index (χ3n) is 6.19. The molecule has 0 bridgehead atoms. The maximum Gasteiger partial charge on any atom is 0.387 e. The predicted octanol–water partition coefficient (Wildman–Crippen LogP) is 4.34. The molecular weight excluding hydrogens is 450 g/mol. The Kier molecular flexibility index (Phi) is 7.31. The second-order valence-electron chi connectivity index (χ2n) is 8.20. The number of allylic oxidation sites excluding steroid dienone is 1. The lowest BCUT2D eigenvalue weighted by Crippen LogP contribution is -2.37. The van der Waals surface area contributed by atoms with Gasteiger partial charge in [-0.1, -0.05) is 24.3 Å². The summed E-state index contributed by atoms with van der Waals surface area (Å²) in [6.45, 7) is -0.852. The first kappa shape index (κ1) is 23.7. The van der Waals surface area contributed by atoms with Crippen LogP contribution in [0.1, 0.15) is 42.0 Å². The number of aryl methyl sites for hydroxylation is 1. The second kappa shape index (κ2) is 10.2. The Morgan fingerprint density at radius 2 is 1.85 bits per heavy atom. The molecule has 9 heteroatoms. The number of rotatable bonds is 9. The van der Waals surface area contributed by atoms with Gasteiger partial charge in [-0.3, -0.25) is 4.90 Å². The SMILES string of the molecule is COc1ccccc1C(CNS(=O)(=O)C1=Cc2ccc(OC(F)F)cc2CC1)N1CCCC1. The molecule has 0 spiro atoms. The number of benzene rings is 2. The third kappa shape index (κ3) is 5.54. The van der Waals surface area contributed by atoms with Gasteiger partial charge in [-0.2, -0.15) is 8.78 Å². The first-order valence-corrected chi connectivity index (χ1v) is 12.5. The number of alkyl halides is 2. The van der Waals surface area contributed by atoms with Gasteiger partial charge >= 0.3 is 6.61 Å². The standard InChI is InChI=1S/C24H28F2N2O4S/c1-31-23-7-3-2-6-21(23)22(28-12-4-5-13-28)16-27-33(29,30)20-11-9-17-14-19(32-24(25)26)10-8-18(17)15-20/h2-3,6-8,10,14-15,22,24,27H,4-5,9,11-13,16H2,1H3. The highest BCUT2D eigenvalue weighted by Gasteiger charge is 2.29. The fourth-order valence-corrected chi connectivity index (χ4v) is 5.76. The molecule has 33 heavy (non-hydrogen) atoms. The van der Waals surface area contributed by atoms with Gasteiger partial charge in [-0.15, -0.1) is 0 Å². The van der Waals surface area contributed by atoms with Crippen LogP contribution in [-0.4, -0.2) is 46.7 Å². The number of hydrogen-bond donors (Lipinski definition) is 1. The smallest absolute Gasteiger partial charge is 0.387 e. The van der Waals surface area contributed by atoms with E-state index < -0.39 is 16.6 Å². The minimum atomic E-state index is -3.71. The molecule has 1 aliphatic heterocycles. The van der Waals surface area contributed by atoms with Gasteiger partial charge < -0.3 is 9.47 Å². The number of halogens is 2. The molecule has 0 radical (unpaired) electrons. The van der Waals surface area contributed by atoms with E-state index >= 15 is 0 Å². The molecule has 0 amide bonds. The highest BCUT2D eigenvalue weighted by atomic mass is 32.2. The molecule has 2 aromatic carbocycles. The van der Waals surface area contributed by atoms with Gasteiger partial charge in [0.15, 0.2) is 0 Å². The largest absolute Gasteiger partial charge is 0.496 e. The fraction of sp³-hybridized carbons (Fsp3) is 0.417. The van der Waals surface area contributed by atoms with Crippen molar-refractivity contribution in [1.82, 2.24) is 9.62 Å². The molecule has 1 saturated heterocycles. The van der Waals surface area contributed by atoms with E-state index in [0.717, 1.165) is 42.8 Å². The Hall–Kier alpha value is -2.49. The maximum absolute atomic E-state index is 13.2. The van der Waals surface area contributed by atoms with Crippen LogP contribution < -0.4 is 14.2 Å². The summed E-state index contributed by atoms with van der Waals surface area (Å²) in [6, 6.07) is 12.1. The molecule has 2 aromatic rings. The van der Waals surface area contributed by atoms with Crippen LogP contribution in [0.3, 0.4) is 0 Å². The van der Waals surface area contributed by atoms with Crippen molar-refractivity contribution in [3.05, 3.63) is 64.1 Å². The Balaban J connectivity index is 1.53. The quantitative estimate of drug-likeness (QED) is 0.581. The van der Waals surface area contributed by atoms with E-state index in [2.05, 4.69) is 14.4 Å². The predicted molar refractivity (Wildman–Crippen MR) is 123 cm³/mol. The van der Waals surface area contributed by atoms with E-state index in [4.69, 9.17) is 4.74 Å². The molecule has 1 aliphatic carbocycles. The van der Waals surface area contributed by atoms with Gasteiger partial charge in [0, 0.05) is 12.1 Å². The first-order chi connectivity index (χ1) is 15.9. The summed E-state index contributed by atoms with van der Waals surface area (Å²) in [7, 11) is -2.10. The van der Waals surface area contributed by atoms with Crippen LogP contribution >= 0.6 is 0 Å². The van der Waals surface area contributed by atoms with Crippen LogP contribution in [0.5, 0.6) is 11.5 Å². The zero-order valence-corrected chi connectivity index (χ0v) is 19.3. The van der Waals surface area contributed by atoms with E-state index in [9.17, 15) is 17.2 Å². The summed E-state index contributed by atoms with van der Waals surface area (Å²) in [6.07, 6.45) is 4.50. The van der Waals surface area contributed by atoms with Crippen LogP contribution in [0.15, 0.2) is 47.4 Å². The number of nitrogens with zero attached hydrogens (tertiary/aromatic N) is 1. The van der Waals surface area contributed by atoms with Crippen LogP contribution in [0.2, 0.25) is 0 Å². The van der Waals surface area contributed by atoms with Gasteiger partial charge in [-0.05, 0) is 74.2 Å². The lowest BCUT2D eigenvalue weighted by atomic mass is 9.97. The zero-order valence-electron chi connectivity index (χ0n) is 18.5. The topological polar surface area (TPSA) is 67.9 Å². The lowest BCUT2D eigenvalue weighted by Gasteiger charge is -2.29. The average Bonchev–Trinajstić information content (AvgIpc) is 3.33. The Morgan fingerprint density at radius 3 is 2.58 bits per heavy atom. The molecule has 1 N–H and O–H groups in total. The number of sulfonamides is 1. The first-order valence-electron chi connectivity index (χ1n) is 11.0. The molecule has 1 heterocycles. The van der Waals surface area contributed by atoms with E-state index in [1.165, 1.54) is 6.07 Å². The number of likely N-dealkylation sites (tertiary alicyclic amines) is 1. The molecule has 0 saturated carbocycles. The summed E-state index contributed by atoms with van der Waals surface area (Å²) in [5, 5.41) is 0. The minimum Gasteiger partial charge on any atom is -0.496 e. The van der Waals surface area contributed by atoms with Crippen molar-refractivity contribution in [2.45, 2.75) is 38.3 Å². The zero-order chi connectivity index (χ0) is 23.4. The Bertz CT molecular complexity index is 1120. The Labute approximate surface area is 193 Å². The highest BCUT2D eigenvalue weighted by Crippen LogP contribution is 2.33. The number of methoxy groups -OCH3 is 1. The van der Waals surface area contributed by atoms with Crippen LogP contribution in [-0.2, 0) is 16.4 Å². The molecule has 2 aliphatic rings. The monoisotopic (exact) mass is 478 g/mol. The van der Waals surface area contributed by atoms with Gasteiger partial charge in [0.2, 0.25) is 10.0 Å². The number of nitrogens with one attached hydrogen (secondary N) is 1. The van der Waals surface area contributed by atoms with Gasteiger partial charge in [0.05, 0.1) is 18.1 Å². The molecule has 1 atom stereocenters. The third-order valence-corrected chi connectivity index (χ3v) is 7.75. The fourth-order valence-electron chi connectivity index (χ4n) is 4.54. The van der Waals surface area contributed by atoms with Crippen molar-refractivity contribution in [3.63, 3.8) is 0 Å². The molecule has 1 fully saturated rings. The molecule has 4 rings (SSSR count). The summed E-state index contributed by atoms with van der Waals surface area (Å²) < 4.78 is 64.1. The molecule has 178 valence electrons. The summed E-state index contributed by atoms with van der Waals surface area (Å²) in [4.78, 5) is 2.58. The maximum atomic E-state index is 13.2. The van der Waals surface area contributed by atoms with Crippen LogP contribution in [0.25, 0.3) is 6.08 Å². The number of para-hydroxylation sites is 1. The lowest BCUT2D eigenvalue weighted by molar-refractivity contribution is -0.0498. The van der Waals surface area contributed by atoms with E-state index in [0.29, 0.717) is 18.4 Å². The van der Waals surface area contributed by atoms with Crippen molar-refractivity contribution < 1.29 is 26.7 Å². The van der Waals surface area contributed by atoms with E-state index in [-0.39, 0.29) is 23.2 Å². The van der Waals surface area contributed by atoms with Crippen LogP contribution in [0, 0.1) is 0 Å². The van der Waals surface area contributed by atoms with Gasteiger partial charge in [-0.25, -0.2) is 13.1 Å². The van der Waals surface area contributed by atoms with E-state index in [1.54, 1.807) is 25.3 Å². The van der Waals surface area contributed by atoms with Crippen molar-refractivity contribution in [3.8, 4) is 11.5 Å². The molecule has 0 aromatic heterocycles. The van der Waals surface area contributed by atoms with Crippen molar-refractivity contribution in [1.29, 1.82) is 0 Å². The van der Waals surface area contributed by atoms with Crippen molar-refractivity contribution >= 4 is 16.1 Å². The van der Waals surface area contributed by atoms with Gasteiger partial charge in [0.25, 0.3) is 0 Å². The van der Waals surface area contributed by atoms with E-state index in [1.807, 2.05) is 24.3 Å². The minimum absolute atomic E-state index is 0.0758. The van der Waals surface area contributed by atoms with Gasteiger partial charge in [0.1, 0.15) is 11.5 Å². The second-order valence-corrected chi connectivity index (χ2v) is 10.0. The summed E-state index contributed by atoms with van der Waals surface area (Å²) >= 11 is 0. The number of hydrogen-bond acceptors (Lipinski definition) is 5. The summed E-state index contributed by atoms with van der Waals surface area (Å²) in [5.41, 5.74) is 2.44. The molecule has 6 nitrogen and oxygen atoms in total. The highest BCUT2D eigenvalue weighted by molar-refractivity contribution is 7.93. The normalized spacial score (nSPS) is 17.5. The number of fused-ring (bicyclic) bond motifs is 1. The summed E-state index contributed by atoms with van der Waals surface area (Å²) in [5.74, 6) is 0.813.